The van der Waals surface area contributed by atoms with Crippen LogP contribution in [-0.2, 0) is 13.1 Å². The zero-order valence-electron chi connectivity index (χ0n) is 15.7. The van der Waals surface area contributed by atoms with Crippen molar-refractivity contribution in [1.29, 1.82) is 0 Å². The summed E-state index contributed by atoms with van der Waals surface area (Å²) in [7, 11) is 7.27. The Morgan fingerprint density at radius 2 is 1.62 bits per heavy atom. The van der Waals surface area contributed by atoms with Crippen LogP contribution in [-0.4, -0.2) is 34.3 Å². The van der Waals surface area contributed by atoms with Crippen molar-refractivity contribution in [2.24, 2.45) is 10.7 Å². The molecule has 2 rings (SSSR count). The molecular weight excluding hydrogens is 443 g/mol. The van der Waals surface area contributed by atoms with Crippen LogP contribution in [0.3, 0.4) is 0 Å². The van der Waals surface area contributed by atoms with Crippen LogP contribution in [0, 0.1) is 0 Å². The number of ether oxygens (including phenoxy) is 2. The summed E-state index contributed by atoms with van der Waals surface area (Å²) >= 11 is 0. The van der Waals surface area contributed by atoms with Crippen LogP contribution in [0.15, 0.2) is 47.5 Å². The number of nitrogens with two attached hydrogens (primary N) is 1. The third kappa shape index (κ3) is 6.29. The van der Waals surface area contributed by atoms with Gasteiger partial charge in [0, 0.05) is 26.3 Å². The molecule has 142 valence electrons. The Labute approximate surface area is 172 Å². The molecule has 0 aliphatic carbocycles. The SMILES string of the molecule is COc1ccc(CN=C(N)NCc2ccc(N(C)C)cc2)cc1OC.I. The van der Waals surface area contributed by atoms with Crippen molar-refractivity contribution < 1.29 is 9.47 Å². The maximum Gasteiger partial charge on any atom is 0.189 e. The average molecular weight is 470 g/mol. The first-order valence-corrected chi connectivity index (χ1v) is 8.04. The molecule has 2 aromatic rings. The zero-order valence-corrected chi connectivity index (χ0v) is 18.0. The Morgan fingerprint density at radius 1 is 1.00 bits per heavy atom. The summed E-state index contributed by atoms with van der Waals surface area (Å²) in [4.78, 5) is 6.43. The van der Waals surface area contributed by atoms with Gasteiger partial charge in [-0.25, -0.2) is 4.99 Å². The Bertz CT molecular complexity index is 718. The second-order valence-electron chi connectivity index (χ2n) is 5.81. The molecule has 0 saturated carbocycles. The molecule has 0 saturated heterocycles. The van der Waals surface area contributed by atoms with E-state index in [-0.39, 0.29) is 24.0 Å². The van der Waals surface area contributed by atoms with Crippen LogP contribution in [0.2, 0.25) is 0 Å². The number of methoxy groups -OCH3 is 2. The number of aliphatic imine (C=N–C) groups is 1. The number of hydrogen-bond acceptors (Lipinski definition) is 4. The predicted molar refractivity (Wildman–Crippen MR) is 118 cm³/mol. The number of nitrogens with zero attached hydrogens (tertiary/aromatic N) is 2. The molecule has 26 heavy (non-hydrogen) atoms. The molecule has 7 heteroatoms. The molecule has 0 aromatic heterocycles. The molecule has 0 unspecified atom stereocenters. The van der Waals surface area contributed by atoms with E-state index in [1.807, 2.05) is 32.3 Å². The largest absolute Gasteiger partial charge is 0.493 e. The number of halogens is 1. The summed E-state index contributed by atoms with van der Waals surface area (Å²) in [6, 6.07) is 14.0. The fourth-order valence-corrected chi connectivity index (χ4v) is 2.32. The molecule has 3 N–H and O–H groups in total. The van der Waals surface area contributed by atoms with Crippen LogP contribution in [0.5, 0.6) is 11.5 Å². The molecule has 6 nitrogen and oxygen atoms in total. The molecule has 0 atom stereocenters. The van der Waals surface area contributed by atoms with Gasteiger partial charge in [0.2, 0.25) is 0 Å². The summed E-state index contributed by atoms with van der Waals surface area (Å²) in [5.41, 5.74) is 9.26. The van der Waals surface area contributed by atoms with Gasteiger partial charge in [0.15, 0.2) is 17.5 Å². The lowest BCUT2D eigenvalue weighted by atomic mass is 10.2. The number of rotatable bonds is 7. The second kappa shape index (κ2) is 10.7. The lowest BCUT2D eigenvalue weighted by Crippen LogP contribution is -2.31. The van der Waals surface area contributed by atoms with Crippen molar-refractivity contribution in [2.75, 3.05) is 33.2 Å². The van der Waals surface area contributed by atoms with Gasteiger partial charge >= 0.3 is 0 Å². The Balaban J connectivity index is 0.00000338. The van der Waals surface area contributed by atoms with Crippen molar-refractivity contribution in [2.45, 2.75) is 13.1 Å². The summed E-state index contributed by atoms with van der Waals surface area (Å²) in [6.07, 6.45) is 0. The minimum Gasteiger partial charge on any atom is -0.493 e. The molecule has 0 aliphatic rings. The summed E-state index contributed by atoms with van der Waals surface area (Å²) in [5.74, 6) is 1.79. The summed E-state index contributed by atoms with van der Waals surface area (Å²) < 4.78 is 10.5. The van der Waals surface area contributed by atoms with Gasteiger partial charge in [-0.1, -0.05) is 18.2 Å². The molecule has 0 bridgehead atoms. The standard InChI is InChI=1S/C19H26N4O2.HI/c1-23(2)16-8-5-14(6-9-16)12-21-19(20)22-13-15-7-10-17(24-3)18(11-15)25-4;/h5-11H,12-13H2,1-4H3,(H3,20,21,22);1H. The minimum absolute atomic E-state index is 0. The van der Waals surface area contributed by atoms with Gasteiger partial charge in [0.25, 0.3) is 0 Å². The highest BCUT2D eigenvalue weighted by Gasteiger charge is 2.04. The number of hydrogen-bond donors (Lipinski definition) is 2. The van der Waals surface area contributed by atoms with E-state index in [9.17, 15) is 0 Å². The van der Waals surface area contributed by atoms with Crippen molar-refractivity contribution in [1.82, 2.24) is 5.32 Å². The highest BCUT2D eigenvalue weighted by molar-refractivity contribution is 14.0. The first kappa shape index (κ1) is 21.9. The van der Waals surface area contributed by atoms with Gasteiger partial charge in [0.1, 0.15) is 0 Å². The van der Waals surface area contributed by atoms with E-state index in [1.165, 1.54) is 5.69 Å². The maximum atomic E-state index is 5.95. The maximum absolute atomic E-state index is 5.95. The van der Waals surface area contributed by atoms with Gasteiger partial charge in [-0.3, -0.25) is 0 Å². The minimum atomic E-state index is 0. The fourth-order valence-electron chi connectivity index (χ4n) is 2.32. The topological polar surface area (TPSA) is 72.1 Å². The second-order valence-corrected chi connectivity index (χ2v) is 5.81. The molecule has 0 spiro atoms. The lowest BCUT2D eigenvalue weighted by molar-refractivity contribution is 0.354. The molecule has 2 aromatic carbocycles. The van der Waals surface area contributed by atoms with Crippen LogP contribution in [0.4, 0.5) is 5.69 Å². The van der Waals surface area contributed by atoms with E-state index in [4.69, 9.17) is 15.2 Å². The zero-order chi connectivity index (χ0) is 18.2. The number of guanidine groups is 1. The molecule has 0 amide bonds. The Hall–Kier alpha value is -2.16. The van der Waals surface area contributed by atoms with E-state index in [0.29, 0.717) is 30.5 Å². The van der Waals surface area contributed by atoms with Crippen molar-refractivity contribution in [3.8, 4) is 11.5 Å². The highest BCUT2D eigenvalue weighted by Crippen LogP contribution is 2.27. The van der Waals surface area contributed by atoms with E-state index in [0.717, 1.165) is 11.1 Å². The van der Waals surface area contributed by atoms with E-state index < -0.39 is 0 Å². The van der Waals surface area contributed by atoms with Crippen LogP contribution in [0.25, 0.3) is 0 Å². The first-order valence-electron chi connectivity index (χ1n) is 8.04. The van der Waals surface area contributed by atoms with Gasteiger partial charge in [-0.2, -0.15) is 0 Å². The predicted octanol–water partition coefficient (Wildman–Crippen LogP) is 2.99. The Kier molecular flexibility index (Phi) is 9.04. The number of anilines is 1. The van der Waals surface area contributed by atoms with Crippen LogP contribution >= 0.6 is 24.0 Å². The van der Waals surface area contributed by atoms with Crippen LogP contribution in [0.1, 0.15) is 11.1 Å². The van der Waals surface area contributed by atoms with Crippen LogP contribution < -0.4 is 25.4 Å². The third-order valence-corrected chi connectivity index (χ3v) is 3.81. The van der Waals surface area contributed by atoms with Gasteiger partial charge in [-0.15, -0.1) is 24.0 Å². The molecule has 0 heterocycles. The first-order chi connectivity index (χ1) is 12.0. The summed E-state index contributed by atoms with van der Waals surface area (Å²) in [6.45, 7) is 1.10. The lowest BCUT2D eigenvalue weighted by Gasteiger charge is -2.13. The molecule has 0 radical (unpaired) electrons. The quantitative estimate of drug-likeness (QED) is 0.370. The van der Waals surface area contributed by atoms with E-state index in [2.05, 4.69) is 39.5 Å². The van der Waals surface area contributed by atoms with Gasteiger partial charge in [0.05, 0.1) is 20.8 Å². The van der Waals surface area contributed by atoms with Gasteiger partial charge < -0.3 is 25.4 Å². The highest BCUT2D eigenvalue weighted by atomic mass is 127. The fraction of sp³-hybridized carbons (Fsp3) is 0.316. The van der Waals surface area contributed by atoms with Gasteiger partial charge in [-0.05, 0) is 35.4 Å². The van der Waals surface area contributed by atoms with Crippen molar-refractivity contribution in [3.05, 3.63) is 53.6 Å². The monoisotopic (exact) mass is 470 g/mol. The molecule has 0 fully saturated rings. The summed E-state index contributed by atoms with van der Waals surface area (Å²) in [5, 5.41) is 3.13. The normalized spacial score (nSPS) is 10.7. The van der Waals surface area contributed by atoms with E-state index in [1.54, 1.807) is 14.2 Å². The number of nitrogens with one attached hydrogen (secondary N) is 1. The van der Waals surface area contributed by atoms with E-state index >= 15 is 0 Å². The molecule has 0 aliphatic heterocycles. The van der Waals surface area contributed by atoms with Crippen molar-refractivity contribution >= 4 is 35.6 Å². The number of benzene rings is 2. The Morgan fingerprint density at radius 3 is 2.19 bits per heavy atom. The third-order valence-electron chi connectivity index (χ3n) is 3.81. The molecular formula is C19H27IN4O2. The average Bonchev–Trinajstić information content (AvgIpc) is 2.64. The van der Waals surface area contributed by atoms with Crippen molar-refractivity contribution in [3.63, 3.8) is 0 Å². The smallest absolute Gasteiger partial charge is 0.189 e.